The number of carbonyl (C=O) groups is 1. The van der Waals surface area contributed by atoms with Crippen molar-refractivity contribution in [2.45, 2.75) is 30.8 Å². The molecule has 2 aliphatic heterocycles. The molecule has 0 radical (unpaired) electrons. The summed E-state index contributed by atoms with van der Waals surface area (Å²) in [5.41, 5.74) is -0.548. The number of likely N-dealkylation sites (tertiary alicyclic amines) is 2. The minimum absolute atomic E-state index is 0.161. The number of halogens is 2. The molecule has 1 N–H and O–H groups in total. The summed E-state index contributed by atoms with van der Waals surface area (Å²) in [6.45, 7) is 1.59. The SMILES string of the molecule is Cn1nccc1C(=O)N1CC[C@](O)(CN2CCC(F)(F)CC2)C1. The van der Waals surface area contributed by atoms with Crippen LogP contribution in [0.3, 0.4) is 0 Å². The van der Waals surface area contributed by atoms with Crippen LogP contribution in [-0.4, -0.2) is 74.8 Å². The number of β-amino-alcohol motifs (C(OH)–C–C–N with tert-alkyl or cyclic N) is 1. The predicted octanol–water partition coefficient (Wildman–Crippen LogP) is 0.728. The fourth-order valence-electron chi connectivity index (χ4n) is 3.36. The van der Waals surface area contributed by atoms with Crippen molar-refractivity contribution >= 4 is 5.91 Å². The first-order valence-corrected chi connectivity index (χ1v) is 7.88. The molecule has 1 atom stereocenters. The molecule has 0 aliphatic carbocycles. The average molecular weight is 328 g/mol. The van der Waals surface area contributed by atoms with Crippen LogP contribution in [0.25, 0.3) is 0 Å². The van der Waals surface area contributed by atoms with Gasteiger partial charge in [0.2, 0.25) is 0 Å². The quantitative estimate of drug-likeness (QED) is 0.889. The van der Waals surface area contributed by atoms with E-state index in [0.29, 0.717) is 25.2 Å². The van der Waals surface area contributed by atoms with Crippen LogP contribution < -0.4 is 0 Å². The molecule has 6 nitrogen and oxygen atoms in total. The van der Waals surface area contributed by atoms with Crippen molar-refractivity contribution in [2.24, 2.45) is 7.05 Å². The van der Waals surface area contributed by atoms with E-state index in [4.69, 9.17) is 0 Å². The Morgan fingerprint density at radius 1 is 1.30 bits per heavy atom. The molecule has 2 aliphatic rings. The number of carbonyl (C=O) groups excluding carboxylic acids is 1. The molecule has 1 amide bonds. The first-order valence-electron chi connectivity index (χ1n) is 7.88. The lowest BCUT2D eigenvalue weighted by Crippen LogP contribution is -2.49. The van der Waals surface area contributed by atoms with Gasteiger partial charge in [-0.15, -0.1) is 0 Å². The maximum absolute atomic E-state index is 13.2. The van der Waals surface area contributed by atoms with Gasteiger partial charge in [0.25, 0.3) is 11.8 Å². The molecule has 3 rings (SSSR count). The molecule has 0 bridgehead atoms. The van der Waals surface area contributed by atoms with Crippen LogP contribution in [0.15, 0.2) is 12.3 Å². The smallest absolute Gasteiger partial charge is 0.272 e. The molecule has 23 heavy (non-hydrogen) atoms. The van der Waals surface area contributed by atoms with Crippen LogP contribution in [-0.2, 0) is 7.05 Å². The van der Waals surface area contributed by atoms with E-state index in [1.54, 1.807) is 24.2 Å². The lowest BCUT2D eigenvalue weighted by Gasteiger charge is -2.36. The zero-order valence-electron chi connectivity index (χ0n) is 13.2. The number of hydrogen-bond acceptors (Lipinski definition) is 4. The number of alkyl halides is 2. The first kappa shape index (κ1) is 16.3. The number of aryl methyl sites for hydroxylation is 1. The van der Waals surface area contributed by atoms with Gasteiger partial charge < -0.3 is 10.0 Å². The Kier molecular flexibility index (Phi) is 4.14. The zero-order chi connectivity index (χ0) is 16.7. The minimum Gasteiger partial charge on any atom is -0.387 e. The Morgan fingerprint density at radius 2 is 2.00 bits per heavy atom. The molecular weight excluding hydrogens is 306 g/mol. The van der Waals surface area contributed by atoms with Gasteiger partial charge in [0, 0.05) is 52.3 Å². The van der Waals surface area contributed by atoms with Gasteiger partial charge in [0.05, 0.1) is 12.1 Å². The molecular formula is C15H22F2N4O2. The molecule has 2 saturated heterocycles. The van der Waals surface area contributed by atoms with E-state index in [1.165, 1.54) is 4.68 Å². The molecule has 3 heterocycles. The van der Waals surface area contributed by atoms with Crippen molar-refractivity contribution in [3.05, 3.63) is 18.0 Å². The third-order valence-corrected chi connectivity index (χ3v) is 4.77. The maximum Gasteiger partial charge on any atom is 0.272 e. The summed E-state index contributed by atoms with van der Waals surface area (Å²) < 4.78 is 27.9. The fourth-order valence-corrected chi connectivity index (χ4v) is 3.36. The zero-order valence-corrected chi connectivity index (χ0v) is 13.2. The molecule has 2 fully saturated rings. The highest BCUT2D eigenvalue weighted by Gasteiger charge is 2.42. The van der Waals surface area contributed by atoms with Crippen molar-refractivity contribution < 1.29 is 18.7 Å². The van der Waals surface area contributed by atoms with Gasteiger partial charge in [-0.05, 0) is 12.5 Å². The van der Waals surface area contributed by atoms with Gasteiger partial charge in [0.15, 0.2) is 0 Å². The van der Waals surface area contributed by atoms with Crippen molar-refractivity contribution in [1.29, 1.82) is 0 Å². The van der Waals surface area contributed by atoms with E-state index in [-0.39, 0.29) is 38.4 Å². The number of hydrogen-bond donors (Lipinski definition) is 1. The van der Waals surface area contributed by atoms with E-state index in [0.717, 1.165) is 0 Å². The monoisotopic (exact) mass is 328 g/mol. The average Bonchev–Trinajstić information content (AvgIpc) is 3.07. The molecule has 1 aromatic heterocycles. The largest absolute Gasteiger partial charge is 0.387 e. The second-order valence-electron chi connectivity index (χ2n) is 6.67. The molecule has 0 saturated carbocycles. The third-order valence-electron chi connectivity index (χ3n) is 4.77. The Labute approximate surface area is 133 Å². The van der Waals surface area contributed by atoms with E-state index >= 15 is 0 Å². The minimum atomic E-state index is -2.59. The lowest BCUT2D eigenvalue weighted by molar-refractivity contribution is -0.0720. The van der Waals surface area contributed by atoms with Gasteiger partial charge in [-0.3, -0.25) is 14.4 Å². The second-order valence-corrected chi connectivity index (χ2v) is 6.67. The third kappa shape index (κ3) is 3.53. The van der Waals surface area contributed by atoms with E-state index in [2.05, 4.69) is 5.10 Å². The summed E-state index contributed by atoms with van der Waals surface area (Å²) in [5, 5.41) is 14.7. The van der Waals surface area contributed by atoms with Gasteiger partial charge in [-0.2, -0.15) is 5.10 Å². The highest BCUT2D eigenvalue weighted by molar-refractivity contribution is 5.92. The highest BCUT2D eigenvalue weighted by Crippen LogP contribution is 2.30. The van der Waals surface area contributed by atoms with Crippen molar-refractivity contribution in [3.8, 4) is 0 Å². The van der Waals surface area contributed by atoms with Gasteiger partial charge in [-0.1, -0.05) is 0 Å². The standard InChI is InChI=1S/C15H22F2N4O2/c1-19-12(2-6-18-19)13(22)21-9-3-14(23,11-21)10-20-7-4-15(16,17)5-8-20/h2,6,23H,3-5,7-11H2,1H3/t14-/m0/s1. The molecule has 0 unspecified atom stereocenters. The maximum atomic E-state index is 13.2. The summed E-state index contributed by atoms with van der Waals surface area (Å²) in [7, 11) is 1.70. The summed E-state index contributed by atoms with van der Waals surface area (Å²) in [6.07, 6.45) is 1.69. The number of nitrogens with zero attached hydrogens (tertiary/aromatic N) is 4. The van der Waals surface area contributed by atoms with Crippen LogP contribution in [0, 0.1) is 0 Å². The number of aromatic nitrogens is 2. The Morgan fingerprint density at radius 3 is 2.61 bits per heavy atom. The molecule has 1 aromatic rings. The van der Waals surface area contributed by atoms with Gasteiger partial charge >= 0.3 is 0 Å². The lowest BCUT2D eigenvalue weighted by atomic mass is 10.00. The summed E-state index contributed by atoms with van der Waals surface area (Å²) >= 11 is 0. The van der Waals surface area contributed by atoms with E-state index in [9.17, 15) is 18.7 Å². The van der Waals surface area contributed by atoms with E-state index < -0.39 is 11.5 Å². The molecule has 128 valence electrons. The number of amides is 1. The summed E-state index contributed by atoms with van der Waals surface area (Å²) in [6, 6.07) is 1.65. The van der Waals surface area contributed by atoms with Crippen LogP contribution >= 0.6 is 0 Å². The number of rotatable bonds is 3. The Balaban J connectivity index is 1.58. The number of piperidine rings is 1. The molecule has 8 heteroatoms. The van der Waals surface area contributed by atoms with Crippen LogP contribution in [0.1, 0.15) is 29.8 Å². The predicted molar refractivity (Wildman–Crippen MR) is 79.3 cm³/mol. The van der Waals surface area contributed by atoms with Crippen LogP contribution in [0.2, 0.25) is 0 Å². The van der Waals surface area contributed by atoms with Crippen molar-refractivity contribution in [2.75, 3.05) is 32.7 Å². The van der Waals surface area contributed by atoms with Crippen LogP contribution in [0.4, 0.5) is 8.78 Å². The molecule has 0 aromatic carbocycles. The van der Waals surface area contributed by atoms with E-state index in [1.807, 2.05) is 4.90 Å². The highest BCUT2D eigenvalue weighted by atomic mass is 19.3. The van der Waals surface area contributed by atoms with Crippen molar-refractivity contribution in [3.63, 3.8) is 0 Å². The second kappa shape index (κ2) is 5.83. The summed E-state index contributed by atoms with van der Waals surface area (Å²) in [4.78, 5) is 15.9. The van der Waals surface area contributed by atoms with Crippen LogP contribution in [0.5, 0.6) is 0 Å². The topological polar surface area (TPSA) is 61.6 Å². The van der Waals surface area contributed by atoms with Gasteiger partial charge in [0.1, 0.15) is 5.69 Å². The van der Waals surface area contributed by atoms with Crippen molar-refractivity contribution in [1.82, 2.24) is 19.6 Å². The molecule has 0 spiro atoms. The normalized spacial score (nSPS) is 28.3. The van der Waals surface area contributed by atoms with Gasteiger partial charge in [-0.25, -0.2) is 8.78 Å². The fraction of sp³-hybridized carbons (Fsp3) is 0.733. The first-order chi connectivity index (χ1) is 10.8. The number of aliphatic hydroxyl groups is 1. The summed E-state index contributed by atoms with van der Waals surface area (Å²) in [5.74, 6) is -2.75. The Hall–Kier alpha value is -1.54. The Bertz CT molecular complexity index is 582.